The summed E-state index contributed by atoms with van der Waals surface area (Å²) in [6.07, 6.45) is 6.15. The molecule has 2 saturated carbocycles. The fraction of sp³-hybridized carbons (Fsp3) is 0.289. The molecular weight excluding hydrogens is 512 g/mol. The molecule has 2 heterocycles. The summed E-state index contributed by atoms with van der Waals surface area (Å²) in [5.41, 5.74) is 5.54. The van der Waals surface area contributed by atoms with Crippen LogP contribution in [0.2, 0.25) is 0 Å². The lowest BCUT2D eigenvalue weighted by Gasteiger charge is -2.49. The Kier molecular flexibility index (Phi) is 5.99. The van der Waals surface area contributed by atoms with Crippen molar-refractivity contribution < 1.29 is 0 Å². The highest BCUT2D eigenvalue weighted by molar-refractivity contribution is 6.09. The molecule has 0 radical (unpaired) electrons. The van der Waals surface area contributed by atoms with Crippen LogP contribution in [0.25, 0.3) is 50.3 Å². The number of nitrogens with zero attached hydrogens (tertiary/aromatic N) is 4. The van der Waals surface area contributed by atoms with E-state index < -0.39 is 0 Å². The first-order chi connectivity index (χ1) is 20.6. The summed E-state index contributed by atoms with van der Waals surface area (Å²) >= 11 is 0. The van der Waals surface area contributed by atoms with Crippen LogP contribution in [0.1, 0.15) is 51.8 Å². The molecule has 2 unspecified atom stereocenters. The van der Waals surface area contributed by atoms with E-state index in [0.29, 0.717) is 11.8 Å². The maximum atomic E-state index is 5.43. The van der Waals surface area contributed by atoms with Gasteiger partial charge in [0.2, 0.25) is 0 Å². The van der Waals surface area contributed by atoms with Gasteiger partial charge in [0.05, 0.1) is 16.7 Å². The zero-order valence-corrected chi connectivity index (χ0v) is 24.4. The largest absolute Gasteiger partial charge is 0.309 e. The third-order valence-corrected chi connectivity index (χ3v) is 9.74. The Bertz CT molecular complexity index is 1850. The molecule has 2 aliphatic rings. The predicted octanol–water partition coefficient (Wildman–Crippen LogP) is 9.41. The molecule has 4 aromatic carbocycles. The van der Waals surface area contributed by atoms with Crippen molar-refractivity contribution in [2.45, 2.75) is 51.4 Å². The zero-order valence-electron chi connectivity index (χ0n) is 24.4. The van der Waals surface area contributed by atoms with Crippen LogP contribution in [0.3, 0.4) is 0 Å². The van der Waals surface area contributed by atoms with E-state index in [1.54, 1.807) is 0 Å². The van der Waals surface area contributed by atoms with Crippen LogP contribution in [0.15, 0.2) is 103 Å². The molecule has 0 amide bonds. The summed E-state index contributed by atoms with van der Waals surface area (Å²) < 4.78 is 2.38. The van der Waals surface area contributed by atoms with E-state index in [1.165, 1.54) is 41.1 Å². The van der Waals surface area contributed by atoms with E-state index >= 15 is 0 Å². The van der Waals surface area contributed by atoms with Gasteiger partial charge in [-0.25, -0.2) is 15.0 Å². The quantitative estimate of drug-likeness (QED) is 0.220. The smallest absolute Gasteiger partial charge is 0.165 e. The van der Waals surface area contributed by atoms with Crippen LogP contribution in [0.5, 0.6) is 0 Å². The molecule has 0 aliphatic heterocycles. The summed E-state index contributed by atoms with van der Waals surface area (Å²) in [5.74, 6) is 4.64. The Morgan fingerprint density at radius 1 is 0.595 bits per heavy atom. The molecule has 42 heavy (non-hydrogen) atoms. The Hall–Kier alpha value is -4.31. The molecule has 0 spiro atoms. The van der Waals surface area contributed by atoms with Crippen molar-refractivity contribution in [1.82, 2.24) is 19.5 Å². The van der Waals surface area contributed by atoms with Crippen molar-refractivity contribution in [2.24, 2.45) is 17.8 Å². The van der Waals surface area contributed by atoms with Gasteiger partial charge in [-0.05, 0) is 74.1 Å². The number of fused-ring (bicyclic) bond motifs is 5. The normalized spacial score (nSPS) is 23.8. The third kappa shape index (κ3) is 4.15. The molecule has 2 fully saturated rings. The van der Waals surface area contributed by atoms with E-state index in [2.05, 4.69) is 122 Å². The third-order valence-electron chi connectivity index (χ3n) is 9.74. The second-order valence-corrected chi connectivity index (χ2v) is 13.0. The molecule has 2 aromatic heterocycles. The molecule has 0 saturated heterocycles. The van der Waals surface area contributed by atoms with Gasteiger partial charge in [-0.2, -0.15) is 0 Å². The summed E-state index contributed by atoms with van der Waals surface area (Å²) in [5, 5.41) is 2.50. The fourth-order valence-corrected chi connectivity index (χ4v) is 8.47. The van der Waals surface area contributed by atoms with Gasteiger partial charge < -0.3 is 4.57 Å². The lowest BCUT2D eigenvalue weighted by atomic mass is 9.56. The van der Waals surface area contributed by atoms with E-state index in [4.69, 9.17) is 15.0 Å². The van der Waals surface area contributed by atoms with Crippen molar-refractivity contribution in [2.75, 3.05) is 0 Å². The second kappa shape index (κ2) is 9.90. The van der Waals surface area contributed by atoms with Gasteiger partial charge >= 0.3 is 0 Å². The van der Waals surface area contributed by atoms with E-state index in [0.717, 1.165) is 53.0 Å². The average Bonchev–Trinajstić information content (AvgIpc) is 3.35. The van der Waals surface area contributed by atoms with Crippen LogP contribution < -0.4 is 0 Å². The number of hydrogen-bond acceptors (Lipinski definition) is 3. The minimum Gasteiger partial charge on any atom is -0.309 e. The van der Waals surface area contributed by atoms with Crippen molar-refractivity contribution in [3.05, 3.63) is 109 Å². The summed E-state index contributed by atoms with van der Waals surface area (Å²) in [6.45, 7) is 4.85. The Balaban J connectivity index is 1.38. The first-order valence-corrected chi connectivity index (χ1v) is 15.5. The van der Waals surface area contributed by atoms with Gasteiger partial charge in [-0.1, -0.05) is 92.7 Å². The van der Waals surface area contributed by atoms with Crippen molar-refractivity contribution in [1.29, 1.82) is 0 Å². The maximum Gasteiger partial charge on any atom is 0.165 e. The van der Waals surface area contributed by atoms with E-state index in [9.17, 15) is 0 Å². The molecule has 6 aromatic rings. The lowest BCUT2D eigenvalue weighted by molar-refractivity contribution is 0.0720. The number of aromatic nitrogens is 4. The SMILES string of the molecule is C[C@@H]1CC2C[C@H](C)CC(c3nc(-c4ccccc4)nc(-c4ccccc4-n4c5ccccc5c5ccccc54)n3)(C2)C1. The van der Waals surface area contributed by atoms with Crippen LogP contribution in [0.4, 0.5) is 0 Å². The molecule has 2 aliphatic carbocycles. The monoisotopic (exact) mass is 548 g/mol. The molecular formula is C38H36N4. The standard InChI is InChI=1S/C38H36N4/c1-25-20-27-21-26(2)23-38(22-25,24-27)37-40-35(28-12-4-3-5-13-28)39-36(41-37)31-16-8-11-19-34(31)42-32-17-9-6-14-29(32)30-15-7-10-18-33(30)42/h3-19,25-27H,20-24H2,1-2H3/t25-,26+,27?,38?. The maximum absolute atomic E-state index is 5.43. The number of rotatable bonds is 4. The topological polar surface area (TPSA) is 43.6 Å². The van der Waals surface area contributed by atoms with Gasteiger partial charge in [0.25, 0.3) is 0 Å². The minimum absolute atomic E-state index is 0.00298. The Morgan fingerprint density at radius 2 is 1.17 bits per heavy atom. The molecule has 4 heteroatoms. The van der Waals surface area contributed by atoms with Crippen molar-refractivity contribution in [3.8, 4) is 28.5 Å². The highest BCUT2D eigenvalue weighted by Crippen LogP contribution is 2.53. The highest BCUT2D eigenvalue weighted by Gasteiger charge is 2.47. The lowest BCUT2D eigenvalue weighted by Crippen LogP contribution is -2.43. The van der Waals surface area contributed by atoms with Gasteiger partial charge in [0.1, 0.15) is 5.82 Å². The Morgan fingerprint density at radius 3 is 1.86 bits per heavy atom. The fourth-order valence-electron chi connectivity index (χ4n) is 8.47. The van der Waals surface area contributed by atoms with E-state index in [-0.39, 0.29) is 5.41 Å². The highest BCUT2D eigenvalue weighted by atomic mass is 15.1. The molecule has 208 valence electrons. The van der Waals surface area contributed by atoms with Gasteiger partial charge in [0.15, 0.2) is 11.6 Å². The molecule has 4 nitrogen and oxygen atoms in total. The first kappa shape index (κ1) is 25.4. The zero-order chi connectivity index (χ0) is 28.3. The summed E-state index contributed by atoms with van der Waals surface area (Å²) in [6, 6.07) is 36.4. The van der Waals surface area contributed by atoms with Crippen LogP contribution in [-0.4, -0.2) is 19.5 Å². The number of para-hydroxylation sites is 3. The van der Waals surface area contributed by atoms with Crippen molar-refractivity contribution >= 4 is 21.8 Å². The summed E-state index contributed by atoms with van der Waals surface area (Å²) in [7, 11) is 0. The number of hydrogen-bond donors (Lipinski definition) is 0. The van der Waals surface area contributed by atoms with Crippen LogP contribution in [-0.2, 0) is 5.41 Å². The van der Waals surface area contributed by atoms with Gasteiger partial charge in [0, 0.05) is 27.3 Å². The van der Waals surface area contributed by atoms with Crippen LogP contribution in [0, 0.1) is 17.8 Å². The van der Waals surface area contributed by atoms with Crippen LogP contribution >= 0.6 is 0 Å². The molecule has 4 atom stereocenters. The average molecular weight is 549 g/mol. The van der Waals surface area contributed by atoms with Crippen molar-refractivity contribution in [3.63, 3.8) is 0 Å². The van der Waals surface area contributed by atoms with Gasteiger partial charge in [-0.15, -0.1) is 0 Å². The number of benzene rings is 4. The second-order valence-electron chi connectivity index (χ2n) is 13.0. The molecule has 2 bridgehead atoms. The van der Waals surface area contributed by atoms with E-state index in [1.807, 2.05) is 0 Å². The summed E-state index contributed by atoms with van der Waals surface area (Å²) in [4.78, 5) is 15.9. The Labute approximate surface area is 247 Å². The first-order valence-electron chi connectivity index (χ1n) is 15.5. The molecule has 8 rings (SSSR count). The minimum atomic E-state index is 0.00298. The molecule has 0 N–H and O–H groups in total. The van der Waals surface area contributed by atoms with Gasteiger partial charge in [-0.3, -0.25) is 0 Å². The predicted molar refractivity (Wildman–Crippen MR) is 172 cm³/mol.